The van der Waals surface area contributed by atoms with Gasteiger partial charge in [-0.1, -0.05) is 61.8 Å². The monoisotopic (exact) mass is 675 g/mol. The molecule has 13 heteroatoms. The molecule has 0 radical (unpaired) electrons. The van der Waals surface area contributed by atoms with Crippen LogP contribution in [0.15, 0.2) is 24.5 Å². The van der Waals surface area contributed by atoms with Gasteiger partial charge in [-0.25, -0.2) is 0 Å². The predicted molar refractivity (Wildman–Crippen MR) is 186 cm³/mol. The molecule has 5 amide bonds. The Bertz CT molecular complexity index is 1170. The number of likely N-dealkylation sites (N-methyl/N-ethyl adjacent to an activating group) is 1. The van der Waals surface area contributed by atoms with Crippen molar-refractivity contribution in [3.05, 3.63) is 35.3 Å². The van der Waals surface area contributed by atoms with Crippen molar-refractivity contribution < 1.29 is 28.7 Å². The topological polar surface area (TPSA) is 184 Å². The number of carbonyl (C=O) groups is 5. The molecule has 1 aromatic rings. The summed E-state index contributed by atoms with van der Waals surface area (Å²) in [7, 11) is 0. The SMILES string of the molecule is CCNC(=O)[C@@H](NC(=O)[C@H](C)NC[C@H](CC(C)C)NC(=O)[C@H](CCC(C)C)NC(=O)[C@@H](NC(=O)c1cc[n+]([O-])cc1)[C@@H](C)CC)C(C)C. The number of aromatic nitrogens is 1. The first-order valence-corrected chi connectivity index (χ1v) is 17.4. The number of rotatable bonds is 21. The van der Waals surface area contributed by atoms with Crippen LogP contribution in [0.2, 0.25) is 0 Å². The minimum Gasteiger partial charge on any atom is -0.619 e. The van der Waals surface area contributed by atoms with Gasteiger partial charge >= 0.3 is 0 Å². The van der Waals surface area contributed by atoms with E-state index in [0.29, 0.717) is 43.5 Å². The van der Waals surface area contributed by atoms with Gasteiger partial charge in [-0.3, -0.25) is 24.0 Å². The molecule has 272 valence electrons. The van der Waals surface area contributed by atoms with Crippen LogP contribution in [0.3, 0.4) is 0 Å². The summed E-state index contributed by atoms with van der Waals surface area (Å²) in [5.74, 6) is -1.68. The standard InChI is InChI=1S/C35H61N7O6/c1-11-24(9)30(41-32(44)26-15-17-42(48)18-16-26)35(47)39-28(14-13-21(3)4)33(45)38-27(19-22(5)6)20-37-25(10)31(43)40-29(23(7)8)34(46)36-12-2/h15-18,21-25,27-30,37H,11-14,19-20H2,1-10H3,(H,36,46)(H,38,45)(H,39,47)(H,40,43)(H,41,44)/t24-,25-,27-,28-,29-,30-/m0/s1. The van der Waals surface area contributed by atoms with E-state index in [1.165, 1.54) is 24.5 Å². The van der Waals surface area contributed by atoms with E-state index in [2.05, 4.69) is 31.9 Å². The summed E-state index contributed by atoms with van der Waals surface area (Å²) in [6.45, 7) is 19.9. The maximum Gasteiger partial charge on any atom is 0.252 e. The van der Waals surface area contributed by atoms with Crippen LogP contribution < -0.4 is 36.6 Å². The summed E-state index contributed by atoms with van der Waals surface area (Å²) >= 11 is 0. The number of pyridine rings is 1. The normalized spacial score (nSPS) is 15.2. The first-order valence-electron chi connectivity index (χ1n) is 17.4. The summed E-state index contributed by atoms with van der Waals surface area (Å²) in [5, 5.41) is 29.0. The van der Waals surface area contributed by atoms with Gasteiger partial charge in [-0.15, -0.1) is 0 Å². The molecule has 0 aliphatic heterocycles. The maximum absolute atomic E-state index is 13.8. The molecule has 0 aliphatic carbocycles. The lowest BCUT2D eigenvalue weighted by atomic mass is 9.96. The van der Waals surface area contributed by atoms with Crippen LogP contribution in [0.5, 0.6) is 0 Å². The van der Waals surface area contributed by atoms with Crippen molar-refractivity contribution in [2.45, 2.75) is 125 Å². The Hall–Kier alpha value is -3.74. The number of hydrogen-bond donors (Lipinski definition) is 6. The molecule has 0 fully saturated rings. The third kappa shape index (κ3) is 15.0. The zero-order chi connectivity index (χ0) is 36.6. The number of amides is 5. The highest BCUT2D eigenvalue weighted by Crippen LogP contribution is 2.13. The molecule has 6 atom stereocenters. The average Bonchev–Trinajstić information content (AvgIpc) is 3.02. The second-order valence-electron chi connectivity index (χ2n) is 13.9. The zero-order valence-corrected chi connectivity index (χ0v) is 30.6. The highest BCUT2D eigenvalue weighted by molar-refractivity contribution is 5.98. The van der Waals surface area contributed by atoms with Crippen LogP contribution in [0.25, 0.3) is 0 Å². The summed E-state index contributed by atoms with van der Waals surface area (Å²) in [6.07, 6.45) is 4.73. The smallest absolute Gasteiger partial charge is 0.252 e. The highest BCUT2D eigenvalue weighted by atomic mass is 16.5. The van der Waals surface area contributed by atoms with E-state index in [1.54, 1.807) is 6.92 Å². The van der Waals surface area contributed by atoms with E-state index in [0.717, 1.165) is 0 Å². The van der Waals surface area contributed by atoms with Crippen LogP contribution in [-0.4, -0.2) is 72.8 Å². The molecule has 0 unspecified atom stereocenters. The summed E-state index contributed by atoms with van der Waals surface area (Å²) in [4.78, 5) is 65.8. The lowest BCUT2D eigenvalue weighted by Crippen LogP contribution is -2.58. The third-order valence-electron chi connectivity index (χ3n) is 8.28. The molecule has 0 saturated carbocycles. The molecular weight excluding hydrogens is 614 g/mol. The van der Waals surface area contributed by atoms with Crippen molar-refractivity contribution in [2.75, 3.05) is 13.1 Å². The maximum atomic E-state index is 13.8. The first-order chi connectivity index (χ1) is 22.5. The second kappa shape index (κ2) is 21.3. The molecule has 0 spiro atoms. The quantitative estimate of drug-likeness (QED) is 0.0852. The van der Waals surface area contributed by atoms with Gasteiger partial charge in [0.05, 0.1) is 11.6 Å². The van der Waals surface area contributed by atoms with Crippen LogP contribution >= 0.6 is 0 Å². The Labute approximate surface area is 287 Å². The zero-order valence-electron chi connectivity index (χ0n) is 30.6. The molecule has 0 saturated heterocycles. The van der Waals surface area contributed by atoms with E-state index in [4.69, 9.17) is 0 Å². The molecule has 0 aromatic carbocycles. The van der Waals surface area contributed by atoms with Crippen LogP contribution in [0, 0.1) is 28.9 Å². The molecule has 0 bridgehead atoms. The number of hydrogen-bond acceptors (Lipinski definition) is 7. The van der Waals surface area contributed by atoms with Gasteiger partial charge in [-0.2, -0.15) is 4.73 Å². The third-order valence-corrected chi connectivity index (χ3v) is 8.28. The Morgan fingerprint density at radius 2 is 1.35 bits per heavy atom. The lowest BCUT2D eigenvalue weighted by molar-refractivity contribution is -0.605. The van der Waals surface area contributed by atoms with Crippen LogP contribution in [-0.2, 0) is 19.2 Å². The Morgan fingerprint density at radius 1 is 0.729 bits per heavy atom. The fraction of sp³-hybridized carbons (Fsp3) is 0.714. The largest absolute Gasteiger partial charge is 0.619 e. The van der Waals surface area contributed by atoms with Crippen LogP contribution in [0.4, 0.5) is 0 Å². The van der Waals surface area contributed by atoms with Crippen molar-refractivity contribution in [1.82, 2.24) is 31.9 Å². The van der Waals surface area contributed by atoms with Crippen molar-refractivity contribution in [1.29, 1.82) is 0 Å². The van der Waals surface area contributed by atoms with Gasteiger partial charge in [-0.05, 0) is 56.8 Å². The molecule has 48 heavy (non-hydrogen) atoms. The molecule has 1 heterocycles. The molecule has 13 nitrogen and oxygen atoms in total. The average molecular weight is 676 g/mol. The summed E-state index contributed by atoms with van der Waals surface area (Å²) in [5.41, 5.74) is 0.244. The van der Waals surface area contributed by atoms with E-state index in [9.17, 15) is 29.2 Å². The van der Waals surface area contributed by atoms with E-state index >= 15 is 0 Å². The van der Waals surface area contributed by atoms with Crippen LogP contribution in [0.1, 0.15) is 105 Å². The van der Waals surface area contributed by atoms with Crippen molar-refractivity contribution >= 4 is 29.5 Å². The Kier molecular flexibility index (Phi) is 18.7. The summed E-state index contributed by atoms with van der Waals surface area (Å²) in [6, 6.07) is -0.635. The Balaban J connectivity index is 3.07. The molecular formula is C35H61N7O6. The highest BCUT2D eigenvalue weighted by Gasteiger charge is 2.32. The van der Waals surface area contributed by atoms with Crippen molar-refractivity contribution in [3.63, 3.8) is 0 Å². The van der Waals surface area contributed by atoms with Gasteiger partial charge in [0, 0.05) is 31.3 Å². The fourth-order valence-corrected chi connectivity index (χ4v) is 5.09. The predicted octanol–water partition coefficient (Wildman–Crippen LogP) is 2.17. The summed E-state index contributed by atoms with van der Waals surface area (Å²) < 4.78 is 0.571. The number of carbonyl (C=O) groups excluding carboxylic acids is 5. The van der Waals surface area contributed by atoms with Gasteiger partial charge in [0.2, 0.25) is 23.6 Å². The van der Waals surface area contributed by atoms with Gasteiger partial charge in [0.25, 0.3) is 5.91 Å². The molecule has 1 aromatic heterocycles. The minimum atomic E-state index is -0.905. The Morgan fingerprint density at radius 3 is 1.88 bits per heavy atom. The second-order valence-corrected chi connectivity index (χ2v) is 13.9. The van der Waals surface area contributed by atoms with E-state index < -0.39 is 36.0 Å². The fourth-order valence-electron chi connectivity index (χ4n) is 5.09. The minimum absolute atomic E-state index is 0.101. The van der Waals surface area contributed by atoms with Gasteiger partial charge in [0.1, 0.15) is 18.1 Å². The molecule has 6 N–H and O–H groups in total. The van der Waals surface area contributed by atoms with Crippen molar-refractivity contribution in [2.24, 2.45) is 23.7 Å². The first kappa shape index (κ1) is 42.3. The van der Waals surface area contributed by atoms with Gasteiger partial charge < -0.3 is 37.1 Å². The van der Waals surface area contributed by atoms with E-state index in [1.807, 2.05) is 62.3 Å². The van der Waals surface area contributed by atoms with Gasteiger partial charge in [0.15, 0.2) is 12.4 Å². The number of nitrogens with one attached hydrogen (secondary N) is 6. The van der Waals surface area contributed by atoms with E-state index in [-0.39, 0.29) is 53.0 Å². The lowest BCUT2D eigenvalue weighted by Gasteiger charge is -2.29. The van der Waals surface area contributed by atoms with Crippen molar-refractivity contribution in [3.8, 4) is 0 Å². The molecule has 1 rings (SSSR count). The number of nitrogens with zero attached hydrogens (tertiary/aromatic N) is 1. The molecule has 0 aliphatic rings.